The van der Waals surface area contributed by atoms with Crippen LogP contribution in [0, 0.1) is 11.3 Å². The molecule has 9 heteroatoms. The van der Waals surface area contributed by atoms with Crippen LogP contribution in [0.2, 0.25) is 0 Å². The van der Waals surface area contributed by atoms with Crippen molar-refractivity contribution in [3.8, 4) is 11.8 Å². The van der Waals surface area contributed by atoms with Gasteiger partial charge in [0.2, 0.25) is 5.96 Å². The fraction of sp³-hybridized carbons (Fsp3) is 0.290. The predicted molar refractivity (Wildman–Crippen MR) is 147 cm³/mol. The molecule has 0 aliphatic carbocycles. The zero-order valence-electron chi connectivity index (χ0n) is 22.5. The fourth-order valence-electron chi connectivity index (χ4n) is 4.02. The maximum atomic E-state index is 13.1. The Morgan fingerprint density at radius 2 is 1.60 bits per heavy atom. The van der Waals surface area contributed by atoms with Gasteiger partial charge in [-0.25, -0.2) is 9.98 Å². The molecule has 0 saturated heterocycles. The smallest absolute Gasteiger partial charge is 0.416 e. The van der Waals surface area contributed by atoms with Gasteiger partial charge in [-0.15, -0.1) is 0 Å². The Hall–Kier alpha value is -4.45. The second-order valence-corrected chi connectivity index (χ2v) is 10.0. The van der Waals surface area contributed by atoms with E-state index in [4.69, 9.17) is 15.0 Å². The highest BCUT2D eigenvalue weighted by molar-refractivity contribution is 6.12. The number of aliphatic imine (C=N–C) groups is 2. The summed E-state index contributed by atoms with van der Waals surface area (Å²) in [7, 11) is 0. The van der Waals surface area contributed by atoms with Crippen molar-refractivity contribution in [1.29, 1.82) is 5.26 Å². The topological polar surface area (TPSA) is 78.0 Å². The van der Waals surface area contributed by atoms with E-state index < -0.39 is 17.3 Å². The number of alkyl halides is 3. The lowest BCUT2D eigenvalue weighted by Crippen LogP contribution is -2.36. The van der Waals surface area contributed by atoms with Gasteiger partial charge in [0.05, 0.1) is 29.5 Å². The van der Waals surface area contributed by atoms with Crippen LogP contribution in [0.25, 0.3) is 0 Å². The van der Waals surface area contributed by atoms with E-state index in [1.165, 1.54) is 19.1 Å². The molecule has 1 aliphatic heterocycles. The maximum Gasteiger partial charge on any atom is 0.416 e. The molecule has 0 amide bonds. The van der Waals surface area contributed by atoms with Crippen LogP contribution >= 0.6 is 0 Å². The van der Waals surface area contributed by atoms with Gasteiger partial charge in [0.25, 0.3) is 0 Å². The van der Waals surface area contributed by atoms with Gasteiger partial charge < -0.3 is 9.64 Å². The molecule has 0 saturated carbocycles. The lowest BCUT2D eigenvalue weighted by Gasteiger charge is -2.24. The third-order valence-electron chi connectivity index (χ3n) is 6.70. The van der Waals surface area contributed by atoms with Crippen molar-refractivity contribution in [2.45, 2.75) is 45.5 Å². The Morgan fingerprint density at radius 3 is 2.17 bits per heavy atom. The maximum absolute atomic E-state index is 13.1. The van der Waals surface area contributed by atoms with E-state index in [0.29, 0.717) is 48.9 Å². The zero-order valence-corrected chi connectivity index (χ0v) is 22.5. The largest absolute Gasteiger partial charge is 0.480 e. The number of benzene rings is 3. The summed E-state index contributed by atoms with van der Waals surface area (Å²) in [6.07, 6.45) is -3.78. The average molecular weight is 547 g/mol. The standard InChI is InChI=1S/C31H29F3N4O2/c1-21(39)30(2,3)40-27-14-8-22(9-15-27)16-17-38(20-24-6-12-26(13-7-24)31(32,33)34)29-36-19-28(37-29)25-10-4-23(18-35)5-11-25/h4-15H,16-17,19-20H2,1-3H3. The summed E-state index contributed by atoms with van der Waals surface area (Å²) in [6.45, 7) is 6.14. The zero-order chi connectivity index (χ0) is 28.9. The molecule has 206 valence electrons. The van der Waals surface area contributed by atoms with E-state index >= 15 is 0 Å². The second-order valence-electron chi connectivity index (χ2n) is 10.0. The van der Waals surface area contributed by atoms with E-state index in [1.54, 1.807) is 26.0 Å². The minimum Gasteiger partial charge on any atom is -0.480 e. The first-order valence-corrected chi connectivity index (χ1v) is 12.8. The number of rotatable bonds is 9. The van der Waals surface area contributed by atoms with Crippen LogP contribution in [-0.2, 0) is 23.9 Å². The predicted octanol–water partition coefficient (Wildman–Crippen LogP) is 6.23. The van der Waals surface area contributed by atoms with Gasteiger partial charge in [0, 0.05) is 13.1 Å². The fourth-order valence-corrected chi connectivity index (χ4v) is 4.02. The molecule has 1 heterocycles. The van der Waals surface area contributed by atoms with Crippen LogP contribution in [0.4, 0.5) is 13.2 Å². The summed E-state index contributed by atoms with van der Waals surface area (Å²) in [4.78, 5) is 23.1. The minimum atomic E-state index is -4.40. The Balaban J connectivity index is 1.51. The molecule has 0 fully saturated rings. The van der Waals surface area contributed by atoms with Gasteiger partial charge in [-0.2, -0.15) is 18.4 Å². The lowest BCUT2D eigenvalue weighted by atomic mass is 10.1. The number of nitrogens with zero attached hydrogens (tertiary/aromatic N) is 4. The number of nitriles is 1. The van der Waals surface area contributed by atoms with Crippen LogP contribution in [0.5, 0.6) is 5.75 Å². The van der Waals surface area contributed by atoms with E-state index in [9.17, 15) is 18.0 Å². The molecule has 0 N–H and O–H groups in total. The van der Waals surface area contributed by atoms with Crippen molar-refractivity contribution in [3.05, 3.63) is 101 Å². The molecular formula is C31H29F3N4O2. The monoisotopic (exact) mass is 546 g/mol. The molecule has 4 rings (SSSR count). The number of guanidine groups is 1. The first-order chi connectivity index (χ1) is 18.9. The Kier molecular flexibility index (Phi) is 8.38. The van der Waals surface area contributed by atoms with Gasteiger partial charge in [0.15, 0.2) is 11.4 Å². The first kappa shape index (κ1) is 28.6. The molecule has 0 atom stereocenters. The molecule has 0 bridgehead atoms. The Morgan fingerprint density at radius 1 is 0.975 bits per heavy atom. The number of ketones is 1. The summed E-state index contributed by atoms with van der Waals surface area (Å²) >= 11 is 0. The first-order valence-electron chi connectivity index (χ1n) is 12.8. The molecule has 40 heavy (non-hydrogen) atoms. The molecule has 0 radical (unpaired) electrons. The molecule has 3 aromatic carbocycles. The average Bonchev–Trinajstić information content (AvgIpc) is 3.42. The number of carbonyl (C=O) groups excluding carboxylic acids is 1. The number of hydrogen-bond acceptors (Lipinski definition) is 6. The minimum absolute atomic E-state index is 0.0752. The molecular weight excluding hydrogens is 517 g/mol. The second kappa shape index (κ2) is 11.7. The summed E-state index contributed by atoms with van der Waals surface area (Å²) in [5.41, 5.74) is 2.26. The van der Waals surface area contributed by atoms with Crippen molar-refractivity contribution in [3.63, 3.8) is 0 Å². The SMILES string of the molecule is CC(=O)C(C)(C)Oc1ccc(CCN(Cc2ccc(C(F)(F)F)cc2)C2=NCC(c3ccc(C#N)cc3)=N2)cc1. The van der Waals surface area contributed by atoms with Crippen molar-refractivity contribution in [2.75, 3.05) is 13.1 Å². The number of hydrogen-bond donors (Lipinski definition) is 0. The van der Waals surface area contributed by atoms with E-state index in [0.717, 1.165) is 29.0 Å². The number of halogens is 3. The lowest BCUT2D eigenvalue weighted by molar-refractivity contribution is -0.137. The van der Waals surface area contributed by atoms with Crippen LogP contribution in [0.1, 0.15) is 48.6 Å². The van der Waals surface area contributed by atoms with Crippen LogP contribution in [0.15, 0.2) is 82.8 Å². The molecule has 6 nitrogen and oxygen atoms in total. The molecule has 1 aliphatic rings. The Bertz CT molecular complexity index is 1450. The third-order valence-corrected chi connectivity index (χ3v) is 6.70. The van der Waals surface area contributed by atoms with Crippen molar-refractivity contribution in [1.82, 2.24) is 4.90 Å². The van der Waals surface area contributed by atoms with E-state index in [1.807, 2.05) is 41.3 Å². The van der Waals surface area contributed by atoms with Gasteiger partial charge in [0.1, 0.15) is 5.75 Å². The van der Waals surface area contributed by atoms with Gasteiger partial charge in [-0.05, 0) is 80.3 Å². The van der Waals surface area contributed by atoms with Crippen LogP contribution in [0.3, 0.4) is 0 Å². The van der Waals surface area contributed by atoms with Crippen LogP contribution in [-0.4, -0.2) is 41.0 Å². The quantitative estimate of drug-likeness (QED) is 0.319. The number of carbonyl (C=O) groups is 1. The van der Waals surface area contributed by atoms with Crippen LogP contribution < -0.4 is 4.74 Å². The van der Waals surface area contributed by atoms with Gasteiger partial charge in [-0.1, -0.05) is 36.4 Å². The molecule has 0 unspecified atom stereocenters. The molecule has 0 aromatic heterocycles. The summed E-state index contributed by atoms with van der Waals surface area (Å²) in [5, 5.41) is 9.06. The highest BCUT2D eigenvalue weighted by Crippen LogP contribution is 2.29. The summed E-state index contributed by atoms with van der Waals surface area (Å²) in [6, 6.07) is 21.8. The van der Waals surface area contributed by atoms with Crippen molar-refractivity contribution >= 4 is 17.5 Å². The normalized spacial score (nSPS) is 13.3. The highest BCUT2D eigenvalue weighted by Gasteiger charge is 2.30. The number of Topliss-reactive ketones (excluding diaryl/α,β-unsaturated/α-hetero) is 1. The van der Waals surface area contributed by atoms with Gasteiger partial charge in [-0.3, -0.25) is 4.79 Å². The third kappa shape index (κ3) is 7.14. The Labute approximate surface area is 231 Å². The van der Waals surface area contributed by atoms with Crippen molar-refractivity contribution in [2.24, 2.45) is 9.98 Å². The summed E-state index contributed by atoms with van der Waals surface area (Å²) < 4.78 is 45.0. The van der Waals surface area contributed by atoms with E-state index in [-0.39, 0.29) is 5.78 Å². The highest BCUT2D eigenvalue weighted by atomic mass is 19.4. The van der Waals surface area contributed by atoms with Crippen molar-refractivity contribution < 1.29 is 22.7 Å². The summed E-state index contributed by atoms with van der Waals surface area (Å²) in [5.74, 6) is 1.01. The van der Waals surface area contributed by atoms with Gasteiger partial charge >= 0.3 is 6.18 Å². The van der Waals surface area contributed by atoms with E-state index in [2.05, 4.69) is 11.1 Å². The number of ether oxygens (including phenoxy) is 1. The molecule has 3 aromatic rings. The molecule has 0 spiro atoms.